The van der Waals surface area contributed by atoms with Gasteiger partial charge in [0.25, 0.3) is 0 Å². The fraction of sp³-hybridized carbons (Fsp3) is 0.529. The molecule has 1 heterocycles. The van der Waals surface area contributed by atoms with Gasteiger partial charge < -0.3 is 10.6 Å². The Morgan fingerprint density at radius 3 is 2.58 bits per heavy atom. The van der Waals surface area contributed by atoms with Crippen LogP contribution in [0.3, 0.4) is 0 Å². The third-order valence-electron chi connectivity index (χ3n) is 4.86. The Bertz CT molecular complexity index is 607. The van der Waals surface area contributed by atoms with Crippen LogP contribution in [0.15, 0.2) is 23.3 Å². The van der Waals surface area contributed by atoms with Crippen molar-refractivity contribution in [3.63, 3.8) is 0 Å². The number of nitrogens with zero attached hydrogens (tertiary/aromatic N) is 3. The minimum Gasteiger partial charge on any atom is -0.375 e. The van der Waals surface area contributed by atoms with E-state index in [9.17, 15) is 4.39 Å². The Morgan fingerprint density at radius 2 is 1.96 bits per heavy atom. The first-order chi connectivity index (χ1) is 11.6. The number of thiocarbonyl (C=S) groups is 1. The van der Waals surface area contributed by atoms with Crippen LogP contribution < -0.4 is 16.1 Å². The molecule has 1 aliphatic carbocycles. The van der Waals surface area contributed by atoms with Crippen LogP contribution in [0.1, 0.15) is 31.2 Å². The first-order valence-electron chi connectivity index (χ1n) is 8.50. The van der Waals surface area contributed by atoms with Gasteiger partial charge in [-0.1, -0.05) is 18.9 Å². The second-order valence-corrected chi connectivity index (χ2v) is 6.85. The second-order valence-electron chi connectivity index (χ2n) is 6.41. The van der Waals surface area contributed by atoms with Crippen LogP contribution in [-0.2, 0) is 0 Å². The SMILES string of the molecule is NC(=S)N/N=C/c1ccc(N2CCN(C3CCCC3)CC2)c(F)c1. The predicted molar refractivity (Wildman–Crippen MR) is 100.0 cm³/mol. The van der Waals surface area contributed by atoms with Crippen molar-refractivity contribution in [1.82, 2.24) is 10.3 Å². The van der Waals surface area contributed by atoms with Crippen LogP contribution >= 0.6 is 12.2 Å². The van der Waals surface area contributed by atoms with Crippen molar-refractivity contribution in [2.75, 3.05) is 31.1 Å². The Balaban J connectivity index is 1.59. The summed E-state index contributed by atoms with van der Waals surface area (Å²) in [6.45, 7) is 3.80. The van der Waals surface area contributed by atoms with Gasteiger partial charge in [0.15, 0.2) is 5.11 Å². The Kier molecular flexibility index (Phi) is 5.63. The number of hydrogen-bond acceptors (Lipinski definition) is 4. The minimum atomic E-state index is -0.219. The van der Waals surface area contributed by atoms with Crippen molar-refractivity contribution in [3.05, 3.63) is 29.6 Å². The number of piperazine rings is 1. The average molecular weight is 349 g/mol. The topological polar surface area (TPSA) is 56.9 Å². The number of hydrazone groups is 1. The molecule has 0 aromatic heterocycles. The van der Waals surface area contributed by atoms with Crippen LogP contribution in [0.2, 0.25) is 0 Å². The monoisotopic (exact) mass is 349 g/mol. The van der Waals surface area contributed by atoms with Crippen molar-refractivity contribution in [2.45, 2.75) is 31.7 Å². The number of nitrogens with one attached hydrogen (secondary N) is 1. The van der Waals surface area contributed by atoms with E-state index in [-0.39, 0.29) is 10.9 Å². The molecular weight excluding hydrogens is 325 g/mol. The molecule has 1 aliphatic heterocycles. The Morgan fingerprint density at radius 1 is 1.25 bits per heavy atom. The number of hydrogen-bond donors (Lipinski definition) is 2. The molecule has 3 rings (SSSR count). The van der Waals surface area contributed by atoms with E-state index in [2.05, 4.69) is 32.5 Å². The summed E-state index contributed by atoms with van der Waals surface area (Å²) in [5.74, 6) is -0.219. The van der Waals surface area contributed by atoms with Crippen molar-refractivity contribution >= 4 is 29.2 Å². The van der Waals surface area contributed by atoms with E-state index in [1.807, 2.05) is 12.1 Å². The van der Waals surface area contributed by atoms with Crippen LogP contribution in [0.4, 0.5) is 10.1 Å². The number of nitrogens with two attached hydrogens (primary N) is 1. The fourth-order valence-corrected chi connectivity index (χ4v) is 3.68. The summed E-state index contributed by atoms with van der Waals surface area (Å²) in [6, 6.07) is 5.91. The Hall–Kier alpha value is -1.73. The van der Waals surface area contributed by atoms with Crippen molar-refractivity contribution < 1.29 is 4.39 Å². The molecule has 0 unspecified atom stereocenters. The summed E-state index contributed by atoms with van der Waals surface area (Å²) in [6.07, 6.45) is 6.86. The number of benzene rings is 1. The van der Waals surface area contributed by atoms with Gasteiger partial charge in [-0.15, -0.1) is 0 Å². The summed E-state index contributed by atoms with van der Waals surface area (Å²) in [5.41, 5.74) is 9.09. The lowest BCUT2D eigenvalue weighted by atomic mass is 10.1. The van der Waals surface area contributed by atoms with Gasteiger partial charge in [0.2, 0.25) is 0 Å². The smallest absolute Gasteiger partial charge is 0.184 e. The van der Waals surface area contributed by atoms with E-state index in [0.717, 1.165) is 32.2 Å². The van der Waals surface area contributed by atoms with Gasteiger partial charge in [0, 0.05) is 32.2 Å². The molecule has 0 bridgehead atoms. The highest BCUT2D eigenvalue weighted by Crippen LogP contribution is 2.26. The zero-order valence-corrected chi connectivity index (χ0v) is 14.6. The largest absolute Gasteiger partial charge is 0.375 e. The highest BCUT2D eigenvalue weighted by atomic mass is 32.1. The summed E-state index contributed by atoms with van der Waals surface area (Å²) in [4.78, 5) is 4.71. The molecule has 1 aromatic rings. The minimum absolute atomic E-state index is 0.0866. The zero-order chi connectivity index (χ0) is 16.9. The number of anilines is 1. The van der Waals surface area contributed by atoms with Gasteiger partial charge >= 0.3 is 0 Å². The highest BCUT2D eigenvalue weighted by molar-refractivity contribution is 7.80. The van der Waals surface area contributed by atoms with Gasteiger partial charge in [-0.3, -0.25) is 10.3 Å². The van der Waals surface area contributed by atoms with Crippen LogP contribution in [-0.4, -0.2) is 48.4 Å². The van der Waals surface area contributed by atoms with Crippen LogP contribution in [0.5, 0.6) is 0 Å². The van der Waals surface area contributed by atoms with Gasteiger partial charge in [-0.2, -0.15) is 5.10 Å². The molecule has 5 nitrogen and oxygen atoms in total. The molecule has 3 N–H and O–H groups in total. The van der Waals surface area contributed by atoms with Crippen LogP contribution in [0, 0.1) is 5.82 Å². The summed E-state index contributed by atoms with van der Waals surface area (Å²) < 4.78 is 14.4. The Labute approximate surface area is 147 Å². The third kappa shape index (κ3) is 4.21. The predicted octanol–water partition coefficient (Wildman–Crippen LogP) is 2.06. The standard InChI is InChI=1S/C17H24FN5S/c18-15-11-13(12-20-21-17(19)24)5-6-16(15)23-9-7-22(8-10-23)14-3-1-2-4-14/h5-6,11-12,14H,1-4,7-10H2,(H3,19,21,24)/b20-12+. The lowest BCUT2D eigenvalue weighted by molar-refractivity contribution is 0.187. The quantitative estimate of drug-likeness (QED) is 0.495. The first-order valence-corrected chi connectivity index (χ1v) is 8.91. The molecule has 2 aliphatic rings. The van der Waals surface area contributed by atoms with E-state index >= 15 is 0 Å². The molecule has 7 heteroatoms. The lowest BCUT2D eigenvalue weighted by Crippen LogP contribution is -2.50. The van der Waals surface area contributed by atoms with Gasteiger partial charge in [-0.25, -0.2) is 4.39 Å². The maximum absolute atomic E-state index is 14.4. The van der Waals surface area contributed by atoms with E-state index in [0.29, 0.717) is 11.3 Å². The van der Waals surface area contributed by atoms with Crippen molar-refractivity contribution in [2.24, 2.45) is 10.8 Å². The van der Waals surface area contributed by atoms with Crippen LogP contribution in [0.25, 0.3) is 0 Å². The highest BCUT2D eigenvalue weighted by Gasteiger charge is 2.26. The molecule has 1 saturated carbocycles. The van der Waals surface area contributed by atoms with Gasteiger partial charge in [-0.05, 0) is 42.8 Å². The van der Waals surface area contributed by atoms with Crippen molar-refractivity contribution in [1.29, 1.82) is 0 Å². The van der Waals surface area contributed by atoms with E-state index in [1.165, 1.54) is 38.0 Å². The zero-order valence-electron chi connectivity index (χ0n) is 13.7. The van der Waals surface area contributed by atoms with E-state index in [4.69, 9.17) is 5.73 Å². The summed E-state index contributed by atoms with van der Waals surface area (Å²) in [7, 11) is 0. The summed E-state index contributed by atoms with van der Waals surface area (Å²) in [5, 5.41) is 3.94. The molecule has 0 spiro atoms. The molecule has 0 radical (unpaired) electrons. The maximum atomic E-state index is 14.4. The molecule has 0 amide bonds. The average Bonchev–Trinajstić information content (AvgIpc) is 3.09. The van der Waals surface area contributed by atoms with Gasteiger partial charge in [0.1, 0.15) is 5.82 Å². The molecule has 130 valence electrons. The maximum Gasteiger partial charge on any atom is 0.184 e. The van der Waals surface area contributed by atoms with E-state index < -0.39 is 0 Å². The van der Waals surface area contributed by atoms with Crippen molar-refractivity contribution in [3.8, 4) is 0 Å². The summed E-state index contributed by atoms with van der Waals surface area (Å²) >= 11 is 4.66. The fourth-order valence-electron chi connectivity index (χ4n) is 3.63. The molecule has 1 saturated heterocycles. The second kappa shape index (κ2) is 7.90. The first kappa shape index (κ1) is 17.1. The lowest BCUT2D eigenvalue weighted by Gasteiger charge is -2.39. The molecule has 2 fully saturated rings. The number of halogens is 1. The third-order valence-corrected chi connectivity index (χ3v) is 4.95. The van der Waals surface area contributed by atoms with Gasteiger partial charge in [0.05, 0.1) is 11.9 Å². The molecule has 24 heavy (non-hydrogen) atoms. The number of rotatable bonds is 4. The molecule has 0 atom stereocenters. The molecular formula is C17H24FN5S. The van der Waals surface area contributed by atoms with E-state index in [1.54, 1.807) is 0 Å². The molecule has 1 aromatic carbocycles. The normalized spacial score (nSPS) is 20.0.